The minimum absolute atomic E-state index is 0. The van der Waals surface area contributed by atoms with Crippen molar-refractivity contribution in [2.45, 2.75) is 11.8 Å². The molecule has 0 bridgehead atoms. The second kappa shape index (κ2) is 6.76. The molecule has 1 aromatic carbocycles. The fourth-order valence-electron chi connectivity index (χ4n) is 3.37. The maximum Gasteiger partial charge on any atom is 0.338 e. The van der Waals surface area contributed by atoms with Gasteiger partial charge in [-0.2, -0.15) is 4.31 Å². The van der Waals surface area contributed by atoms with Crippen LogP contribution in [0.1, 0.15) is 15.9 Å². The van der Waals surface area contributed by atoms with Gasteiger partial charge in [0, 0.05) is 13.1 Å². The summed E-state index contributed by atoms with van der Waals surface area (Å²) < 4.78 is 32.1. The maximum absolute atomic E-state index is 12.9. The van der Waals surface area contributed by atoms with Crippen LogP contribution in [0.15, 0.2) is 23.1 Å². The summed E-state index contributed by atoms with van der Waals surface area (Å²) in [6.45, 7) is 4.48. The van der Waals surface area contributed by atoms with E-state index in [0.717, 1.165) is 13.1 Å². The number of nitrogens with zero attached hydrogens (tertiary/aromatic N) is 1. The molecule has 23 heavy (non-hydrogen) atoms. The molecular formula is C15H21ClN2O4S. The molecule has 6 nitrogen and oxygen atoms in total. The van der Waals surface area contributed by atoms with Crippen molar-refractivity contribution >= 4 is 28.4 Å². The van der Waals surface area contributed by atoms with Crippen molar-refractivity contribution in [2.24, 2.45) is 11.8 Å². The van der Waals surface area contributed by atoms with Crippen LogP contribution in [-0.2, 0) is 14.8 Å². The van der Waals surface area contributed by atoms with E-state index in [9.17, 15) is 13.2 Å². The van der Waals surface area contributed by atoms with E-state index < -0.39 is 16.0 Å². The third-order valence-corrected chi connectivity index (χ3v) is 6.64. The number of halogens is 1. The van der Waals surface area contributed by atoms with Gasteiger partial charge in [-0.05, 0) is 49.5 Å². The lowest BCUT2D eigenvalue weighted by atomic mass is 10.0. The third kappa shape index (κ3) is 3.10. The van der Waals surface area contributed by atoms with Crippen LogP contribution in [0, 0.1) is 18.8 Å². The summed E-state index contributed by atoms with van der Waals surface area (Å²) >= 11 is 0. The Morgan fingerprint density at radius 3 is 2.43 bits per heavy atom. The zero-order valence-corrected chi connectivity index (χ0v) is 14.7. The minimum Gasteiger partial charge on any atom is -0.465 e. The average molecular weight is 361 g/mol. The van der Waals surface area contributed by atoms with Crippen molar-refractivity contribution in [2.75, 3.05) is 33.3 Å². The summed E-state index contributed by atoms with van der Waals surface area (Å²) in [5, 5.41) is 3.30. The first-order chi connectivity index (χ1) is 10.4. The highest BCUT2D eigenvalue weighted by Gasteiger charge is 2.42. The van der Waals surface area contributed by atoms with Crippen molar-refractivity contribution in [1.82, 2.24) is 9.62 Å². The number of ether oxygens (including phenoxy) is 1. The van der Waals surface area contributed by atoms with Crippen LogP contribution >= 0.6 is 12.4 Å². The van der Waals surface area contributed by atoms with Gasteiger partial charge in [-0.25, -0.2) is 13.2 Å². The Balaban J connectivity index is 0.00000192. The summed E-state index contributed by atoms with van der Waals surface area (Å²) in [6, 6.07) is 4.73. The van der Waals surface area contributed by atoms with Crippen molar-refractivity contribution < 1.29 is 17.9 Å². The van der Waals surface area contributed by atoms with Crippen molar-refractivity contribution in [3.8, 4) is 0 Å². The highest BCUT2D eigenvalue weighted by atomic mass is 35.5. The number of hydrogen-bond acceptors (Lipinski definition) is 5. The number of fused-ring (bicyclic) bond motifs is 1. The fraction of sp³-hybridized carbons (Fsp3) is 0.533. The topological polar surface area (TPSA) is 75.7 Å². The Hall–Kier alpha value is -1.15. The lowest BCUT2D eigenvalue weighted by molar-refractivity contribution is 0.0599. The van der Waals surface area contributed by atoms with Gasteiger partial charge in [-0.1, -0.05) is 6.07 Å². The molecule has 128 valence electrons. The molecule has 1 aromatic rings. The monoisotopic (exact) mass is 360 g/mol. The summed E-state index contributed by atoms with van der Waals surface area (Å²) in [5.41, 5.74) is 0.745. The van der Waals surface area contributed by atoms with Gasteiger partial charge < -0.3 is 10.1 Å². The molecule has 2 heterocycles. The van der Waals surface area contributed by atoms with Crippen LogP contribution < -0.4 is 5.32 Å². The highest BCUT2D eigenvalue weighted by Crippen LogP contribution is 2.32. The number of carbonyl (C=O) groups excluding carboxylic acids is 1. The van der Waals surface area contributed by atoms with E-state index in [0.29, 0.717) is 36.1 Å². The predicted molar refractivity (Wildman–Crippen MR) is 88.4 cm³/mol. The summed E-state index contributed by atoms with van der Waals surface area (Å²) in [7, 11) is -2.29. The van der Waals surface area contributed by atoms with E-state index in [-0.39, 0.29) is 17.3 Å². The molecule has 0 aromatic heterocycles. The van der Waals surface area contributed by atoms with Crippen LogP contribution in [0.4, 0.5) is 0 Å². The van der Waals surface area contributed by atoms with Gasteiger partial charge >= 0.3 is 5.97 Å². The molecule has 3 rings (SSSR count). The SMILES string of the molecule is COC(=O)c1cccc(S(=O)(=O)N2C[C@H]3CNC[C@H]3C2)c1C.Cl. The Bertz CT molecular complexity index is 695. The third-order valence-electron chi connectivity index (χ3n) is 4.66. The molecule has 0 aliphatic carbocycles. The number of sulfonamides is 1. The molecule has 8 heteroatoms. The molecule has 2 aliphatic heterocycles. The van der Waals surface area contributed by atoms with E-state index in [2.05, 4.69) is 5.32 Å². The molecule has 0 spiro atoms. The molecule has 1 N–H and O–H groups in total. The van der Waals surface area contributed by atoms with Gasteiger partial charge in [0.15, 0.2) is 0 Å². The van der Waals surface area contributed by atoms with Gasteiger partial charge in [-0.15, -0.1) is 12.4 Å². The average Bonchev–Trinajstić information content (AvgIpc) is 3.08. The smallest absolute Gasteiger partial charge is 0.338 e. The van der Waals surface area contributed by atoms with Crippen LogP contribution in [-0.4, -0.2) is 52.0 Å². The predicted octanol–water partition coefficient (Wildman–Crippen LogP) is 1.04. The lowest BCUT2D eigenvalue weighted by Gasteiger charge is -2.19. The summed E-state index contributed by atoms with van der Waals surface area (Å²) in [6.07, 6.45) is 0. The number of benzene rings is 1. The Labute approximate surface area is 142 Å². The van der Waals surface area contributed by atoms with E-state index >= 15 is 0 Å². The van der Waals surface area contributed by atoms with E-state index in [1.54, 1.807) is 29.4 Å². The zero-order valence-electron chi connectivity index (χ0n) is 13.1. The Morgan fingerprint density at radius 2 is 1.87 bits per heavy atom. The number of hydrogen-bond donors (Lipinski definition) is 1. The normalized spacial score (nSPS) is 24.1. The molecular weight excluding hydrogens is 340 g/mol. The first kappa shape index (κ1) is 18.2. The Kier molecular flexibility index (Phi) is 5.35. The molecule has 2 saturated heterocycles. The molecule has 0 unspecified atom stereocenters. The second-order valence-electron chi connectivity index (χ2n) is 5.92. The first-order valence-corrected chi connectivity index (χ1v) is 8.78. The van der Waals surface area contributed by atoms with Crippen LogP contribution in [0.2, 0.25) is 0 Å². The highest BCUT2D eigenvalue weighted by molar-refractivity contribution is 7.89. The largest absolute Gasteiger partial charge is 0.465 e. The molecule has 0 radical (unpaired) electrons. The summed E-state index contributed by atoms with van der Waals surface area (Å²) in [4.78, 5) is 12.0. The van der Waals surface area contributed by atoms with Crippen molar-refractivity contribution in [1.29, 1.82) is 0 Å². The number of carbonyl (C=O) groups is 1. The first-order valence-electron chi connectivity index (χ1n) is 7.34. The molecule has 0 saturated carbocycles. The van der Waals surface area contributed by atoms with E-state index in [4.69, 9.17) is 4.74 Å². The van der Waals surface area contributed by atoms with Gasteiger partial charge in [0.25, 0.3) is 0 Å². The van der Waals surface area contributed by atoms with Gasteiger partial charge in [-0.3, -0.25) is 0 Å². The molecule has 0 amide bonds. The van der Waals surface area contributed by atoms with E-state index in [1.807, 2.05) is 0 Å². The number of rotatable bonds is 3. The van der Waals surface area contributed by atoms with E-state index in [1.165, 1.54) is 7.11 Å². The van der Waals surface area contributed by atoms with Crippen LogP contribution in [0.3, 0.4) is 0 Å². The van der Waals surface area contributed by atoms with Crippen LogP contribution in [0.25, 0.3) is 0 Å². The van der Waals surface area contributed by atoms with Crippen molar-refractivity contribution in [3.05, 3.63) is 29.3 Å². The number of esters is 1. The zero-order chi connectivity index (χ0) is 15.9. The van der Waals surface area contributed by atoms with Gasteiger partial charge in [0.05, 0.1) is 17.6 Å². The molecule has 2 atom stereocenters. The fourth-order valence-corrected chi connectivity index (χ4v) is 5.17. The van der Waals surface area contributed by atoms with Crippen molar-refractivity contribution in [3.63, 3.8) is 0 Å². The lowest BCUT2D eigenvalue weighted by Crippen LogP contribution is -2.32. The molecule has 2 aliphatic rings. The standard InChI is InChI=1S/C15H20N2O4S.ClH/c1-10-13(15(18)21-2)4-3-5-14(10)22(19,20)17-8-11-6-16-7-12(11)9-17;/h3-5,11-12,16H,6-9H2,1-2H3;1H/t11-,12+;. The quantitative estimate of drug-likeness (QED) is 0.815. The van der Waals surface area contributed by atoms with Gasteiger partial charge in [0.1, 0.15) is 0 Å². The van der Waals surface area contributed by atoms with Gasteiger partial charge in [0.2, 0.25) is 10.0 Å². The number of methoxy groups -OCH3 is 1. The number of nitrogens with one attached hydrogen (secondary N) is 1. The maximum atomic E-state index is 12.9. The summed E-state index contributed by atoms with van der Waals surface area (Å²) in [5.74, 6) is 0.259. The Morgan fingerprint density at radius 1 is 1.26 bits per heavy atom. The molecule has 2 fully saturated rings. The second-order valence-corrected chi connectivity index (χ2v) is 7.83. The van der Waals surface area contributed by atoms with Crippen LogP contribution in [0.5, 0.6) is 0 Å². The minimum atomic E-state index is -3.58.